The van der Waals surface area contributed by atoms with Gasteiger partial charge in [0.1, 0.15) is 0 Å². The van der Waals surface area contributed by atoms with Crippen LogP contribution >= 0.6 is 0 Å². The van der Waals surface area contributed by atoms with Crippen molar-refractivity contribution in [3.63, 3.8) is 0 Å². The number of urea groups is 1. The first-order valence-electron chi connectivity index (χ1n) is 9.77. The highest BCUT2D eigenvalue weighted by Crippen LogP contribution is 2.14. The smallest absolute Gasteiger partial charge is 0.337 e. The number of benzene rings is 2. The number of carbonyl (C=O) groups is 2. The summed E-state index contributed by atoms with van der Waals surface area (Å²) in [5, 5.41) is 8.97. The van der Waals surface area contributed by atoms with E-state index in [2.05, 4.69) is 20.7 Å². The highest BCUT2D eigenvalue weighted by atomic mass is 32.2. The van der Waals surface area contributed by atoms with E-state index < -0.39 is 27.7 Å². The Balaban J connectivity index is 1.66. The first-order valence-corrected chi connectivity index (χ1v) is 11.3. The van der Waals surface area contributed by atoms with Gasteiger partial charge in [0.15, 0.2) is 0 Å². The molecule has 0 aliphatic heterocycles. The van der Waals surface area contributed by atoms with E-state index in [0.29, 0.717) is 12.2 Å². The molecule has 168 valence electrons. The molecule has 0 saturated heterocycles. The summed E-state index contributed by atoms with van der Waals surface area (Å²) in [7, 11) is -4.06. The van der Waals surface area contributed by atoms with Crippen LogP contribution in [0.4, 0.5) is 10.5 Å². The molecular formula is C20H22N6O5S. The maximum Gasteiger partial charge on any atom is 0.348 e. The predicted octanol–water partition coefficient (Wildman–Crippen LogP) is 1.60. The van der Waals surface area contributed by atoms with Crippen LogP contribution in [0.1, 0.15) is 30.4 Å². The molecule has 0 saturated carbocycles. The number of para-hydroxylation sites is 1. The highest BCUT2D eigenvalue weighted by molar-refractivity contribution is 7.90. The van der Waals surface area contributed by atoms with Crippen molar-refractivity contribution in [3.05, 3.63) is 70.9 Å². The van der Waals surface area contributed by atoms with Crippen LogP contribution in [0.25, 0.3) is 5.69 Å². The van der Waals surface area contributed by atoms with E-state index in [4.69, 9.17) is 0 Å². The standard InChI is InChI=1S/C20H22N6O5S/c1-2-3-13-21-19(28)25-32(30,31)16-11-9-14(10-12-16)22-18(27)17-23-20(29)26(24-17)15-7-5-4-6-8-15/h4-12H,2-3,13H2,1H3,(H,22,27)(H2,21,25,28)(H,23,24,29). The van der Waals surface area contributed by atoms with Gasteiger partial charge in [0.05, 0.1) is 10.6 Å². The van der Waals surface area contributed by atoms with Crippen molar-refractivity contribution in [1.29, 1.82) is 0 Å². The van der Waals surface area contributed by atoms with Crippen molar-refractivity contribution in [1.82, 2.24) is 24.8 Å². The van der Waals surface area contributed by atoms with Gasteiger partial charge in [0.25, 0.3) is 15.9 Å². The van der Waals surface area contributed by atoms with Crippen molar-refractivity contribution in [2.45, 2.75) is 24.7 Å². The fraction of sp³-hybridized carbons (Fsp3) is 0.200. The average Bonchev–Trinajstić information content (AvgIpc) is 3.16. The zero-order chi connectivity index (χ0) is 23.1. The maximum atomic E-state index is 12.4. The van der Waals surface area contributed by atoms with Crippen LogP contribution in [-0.2, 0) is 10.0 Å². The molecule has 0 spiro atoms. The third kappa shape index (κ3) is 5.60. The maximum absolute atomic E-state index is 12.4. The number of nitrogens with zero attached hydrogens (tertiary/aromatic N) is 2. The molecule has 2 aromatic carbocycles. The van der Waals surface area contributed by atoms with Gasteiger partial charge >= 0.3 is 11.7 Å². The summed E-state index contributed by atoms with van der Waals surface area (Å²) in [4.78, 5) is 38.4. The third-order valence-electron chi connectivity index (χ3n) is 4.30. The Bertz CT molecular complexity index is 1250. The molecule has 0 aliphatic carbocycles. The molecule has 11 nitrogen and oxygen atoms in total. The van der Waals surface area contributed by atoms with E-state index in [9.17, 15) is 22.8 Å². The number of rotatable bonds is 8. The number of aromatic amines is 1. The van der Waals surface area contributed by atoms with E-state index in [1.54, 1.807) is 30.3 Å². The van der Waals surface area contributed by atoms with Gasteiger partial charge in [-0.1, -0.05) is 31.5 Å². The zero-order valence-corrected chi connectivity index (χ0v) is 18.0. The van der Waals surface area contributed by atoms with Crippen molar-refractivity contribution < 1.29 is 18.0 Å². The van der Waals surface area contributed by atoms with E-state index in [0.717, 1.165) is 17.5 Å². The molecule has 3 rings (SSSR count). The Hall–Kier alpha value is -3.93. The van der Waals surface area contributed by atoms with Crippen LogP contribution in [-0.4, -0.2) is 41.7 Å². The molecule has 4 N–H and O–H groups in total. The summed E-state index contributed by atoms with van der Waals surface area (Å²) in [5.74, 6) is -0.887. The monoisotopic (exact) mass is 458 g/mol. The second-order valence-electron chi connectivity index (χ2n) is 6.72. The fourth-order valence-corrected chi connectivity index (χ4v) is 3.60. The van der Waals surface area contributed by atoms with Crippen molar-refractivity contribution in [2.24, 2.45) is 0 Å². The number of aromatic nitrogens is 3. The average molecular weight is 459 g/mol. The first-order chi connectivity index (χ1) is 15.3. The summed E-state index contributed by atoms with van der Waals surface area (Å²) in [6.07, 6.45) is 1.59. The summed E-state index contributed by atoms with van der Waals surface area (Å²) in [6, 6.07) is 13.0. The Morgan fingerprint density at radius 2 is 1.75 bits per heavy atom. The van der Waals surface area contributed by atoms with Gasteiger partial charge in [-0.3, -0.25) is 9.78 Å². The Morgan fingerprint density at radius 3 is 2.41 bits per heavy atom. The van der Waals surface area contributed by atoms with Crippen LogP contribution < -0.4 is 21.0 Å². The molecule has 0 bridgehead atoms. The van der Waals surface area contributed by atoms with Crippen LogP contribution in [0.2, 0.25) is 0 Å². The molecule has 0 fully saturated rings. The summed E-state index contributed by atoms with van der Waals surface area (Å²) in [5.41, 5.74) is 0.191. The van der Waals surface area contributed by atoms with Gasteiger partial charge in [-0.2, -0.15) is 4.68 Å². The van der Waals surface area contributed by atoms with Crippen LogP contribution in [0.15, 0.2) is 64.3 Å². The molecule has 0 radical (unpaired) electrons. The van der Waals surface area contributed by atoms with E-state index >= 15 is 0 Å². The molecule has 12 heteroatoms. The number of anilines is 1. The number of unbranched alkanes of at least 4 members (excludes halogenated alkanes) is 1. The second kappa shape index (κ2) is 9.92. The summed E-state index contributed by atoms with van der Waals surface area (Å²) < 4.78 is 27.6. The molecule has 1 aromatic heterocycles. The quantitative estimate of drug-likeness (QED) is 0.376. The van der Waals surface area contributed by atoms with Crippen molar-refractivity contribution in [3.8, 4) is 5.69 Å². The van der Waals surface area contributed by atoms with Gasteiger partial charge in [0.2, 0.25) is 5.82 Å². The third-order valence-corrected chi connectivity index (χ3v) is 5.65. The minimum atomic E-state index is -4.06. The molecule has 0 unspecified atom stereocenters. The predicted molar refractivity (Wildman–Crippen MR) is 117 cm³/mol. The number of sulfonamides is 1. The molecule has 0 aliphatic rings. The lowest BCUT2D eigenvalue weighted by Crippen LogP contribution is -2.39. The van der Waals surface area contributed by atoms with E-state index in [-0.39, 0.29) is 16.4 Å². The zero-order valence-electron chi connectivity index (χ0n) is 17.2. The molecule has 1 heterocycles. The highest BCUT2D eigenvalue weighted by Gasteiger charge is 2.18. The first kappa shape index (κ1) is 22.7. The SMILES string of the molecule is CCCCNC(=O)NS(=O)(=O)c1ccc(NC(=O)c2nn(-c3ccccc3)c(=O)[nH]2)cc1. The lowest BCUT2D eigenvalue weighted by Gasteiger charge is -2.09. The van der Waals surface area contributed by atoms with Gasteiger partial charge in [-0.05, 0) is 42.8 Å². The summed E-state index contributed by atoms with van der Waals surface area (Å²) in [6.45, 7) is 2.31. The molecule has 3 aromatic rings. The Morgan fingerprint density at radius 1 is 1.06 bits per heavy atom. The van der Waals surface area contributed by atoms with Gasteiger partial charge in [-0.25, -0.2) is 22.7 Å². The molecule has 3 amide bonds. The van der Waals surface area contributed by atoms with E-state index in [1.165, 1.54) is 24.3 Å². The topological polar surface area (TPSA) is 155 Å². The van der Waals surface area contributed by atoms with Gasteiger partial charge < -0.3 is 10.6 Å². The number of hydrogen-bond donors (Lipinski definition) is 4. The van der Waals surface area contributed by atoms with Crippen molar-refractivity contribution >= 4 is 27.6 Å². The minimum Gasteiger partial charge on any atom is -0.337 e. The largest absolute Gasteiger partial charge is 0.348 e. The van der Waals surface area contributed by atoms with E-state index in [1.807, 2.05) is 11.6 Å². The number of nitrogens with one attached hydrogen (secondary N) is 4. The number of amides is 3. The van der Waals surface area contributed by atoms with Crippen LogP contribution in [0, 0.1) is 0 Å². The number of carbonyl (C=O) groups excluding carboxylic acids is 2. The van der Waals surface area contributed by atoms with Crippen molar-refractivity contribution in [2.75, 3.05) is 11.9 Å². The number of H-pyrrole nitrogens is 1. The lowest BCUT2D eigenvalue weighted by atomic mass is 10.3. The minimum absolute atomic E-state index is 0.150. The van der Waals surface area contributed by atoms with Gasteiger partial charge in [-0.15, -0.1) is 5.10 Å². The van der Waals surface area contributed by atoms with Gasteiger partial charge in [0, 0.05) is 12.2 Å². The van der Waals surface area contributed by atoms with Crippen LogP contribution in [0.5, 0.6) is 0 Å². The molecule has 32 heavy (non-hydrogen) atoms. The summed E-state index contributed by atoms with van der Waals surface area (Å²) >= 11 is 0. The second-order valence-corrected chi connectivity index (χ2v) is 8.40. The lowest BCUT2D eigenvalue weighted by molar-refractivity contribution is 0.101. The van der Waals surface area contributed by atoms with Crippen LogP contribution in [0.3, 0.4) is 0 Å². The number of hydrogen-bond acceptors (Lipinski definition) is 6. The Labute approximate surface area is 183 Å². The Kier molecular flexibility index (Phi) is 7.05. The molecule has 0 atom stereocenters. The normalized spacial score (nSPS) is 11.0. The molecular weight excluding hydrogens is 436 g/mol. The fourth-order valence-electron chi connectivity index (χ4n) is 2.67.